The van der Waals surface area contributed by atoms with Crippen LogP contribution in [0.3, 0.4) is 0 Å². The van der Waals surface area contributed by atoms with Gasteiger partial charge in [0.15, 0.2) is 5.69 Å². The highest BCUT2D eigenvalue weighted by atomic mass is 35.5. The molecule has 0 atom stereocenters. The molecule has 1 aromatic rings. The third-order valence-corrected chi connectivity index (χ3v) is 3.26. The zero-order valence-corrected chi connectivity index (χ0v) is 11.1. The second-order valence-electron chi connectivity index (χ2n) is 4.55. The first-order valence-electron chi connectivity index (χ1n) is 6.05. The zero-order chi connectivity index (χ0) is 14.9. The number of hydrogen-bond donors (Lipinski definition) is 2. The molecule has 0 radical (unpaired) electrons. The van der Waals surface area contributed by atoms with E-state index in [-0.39, 0.29) is 31.3 Å². The lowest BCUT2D eigenvalue weighted by atomic mass is 10.2. The fourth-order valence-corrected chi connectivity index (χ4v) is 2.29. The summed E-state index contributed by atoms with van der Waals surface area (Å²) < 4.78 is 39.3. The predicted octanol–water partition coefficient (Wildman–Crippen LogP) is 1.54. The minimum absolute atomic E-state index is 0.0404. The van der Waals surface area contributed by atoms with Gasteiger partial charge in [-0.3, -0.25) is 9.48 Å². The summed E-state index contributed by atoms with van der Waals surface area (Å²) in [5.74, 6) is -0.592. The third-order valence-electron chi connectivity index (χ3n) is 2.89. The van der Waals surface area contributed by atoms with E-state index in [2.05, 4.69) is 10.4 Å². The van der Waals surface area contributed by atoms with Crippen LogP contribution in [0, 0.1) is 0 Å². The van der Waals surface area contributed by atoms with Gasteiger partial charge >= 0.3 is 6.18 Å². The minimum atomic E-state index is -4.65. The molecule has 2 rings (SSSR count). The number of hydrogen-bond acceptors (Lipinski definition) is 3. The number of rotatable bonds is 5. The van der Waals surface area contributed by atoms with E-state index in [0.29, 0.717) is 0 Å². The maximum Gasteiger partial charge on any atom is 0.436 e. The minimum Gasteiger partial charge on any atom is -0.395 e. The lowest BCUT2D eigenvalue weighted by Gasteiger charge is -2.07. The van der Waals surface area contributed by atoms with Gasteiger partial charge < -0.3 is 10.4 Å². The average molecular weight is 312 g/mol. The van der Waals surface area contributed by atoms with Crippen molar-refractivity contribution in [2.45, 2.75) is 31.5 Å². The summed E-state index contributed by atoms with van der Waals surface area (Å²) in [6.45, 7) is -0.546. The number of nitrogens with zero attached hydrogens (tertiary/aromatic N) is 2. The number of aromatic nitrogens is 2. The lowest BCUT2D eigenvalue weighted by Crippen LogP contribution is -2.30. The van der Waals surface area contributed by atoms with Crippen LogP contribution in [0.2, 0.25) is 5.02 Å². The van der Waals surface area contributed by atoms with E-state index >= 15 is 0 Å². The Balaban J connectivity index is 2.25. The number of amides is 1. The van der Waals surface area contributed by atoms with Crippen molar-refractivity contribution in [1.82, 2.24) is 15.1 Å². The summed E-state index contributed by atoms with van der Waals surface area (Å²) >= 11 is 5.76. The van der Waals surface area contributed by atoms with E-state index in [9.17, 15) is 18.0 Å². The van der Waals surface area contributed by atoms with Crippen LogP contribution in [0.25, 0.3) is 0 Å². The Morgan fingerprint density at radius 3 is 2.65 bits per heavy atom. The standard InChI is InChI=1S/C11H13ClF3N3O2/c12-8-9(6-1-2-6)18(5-7(20)16-3-4-19)17-10(8)11(13,14)15/h6,19H,1-5H2,(H,16,20). The van der Waals surface area contributed by atoms with Gasteiger partial charge in [-0.1, -0.05) is 11.6 Å². The summed E-state index contributed by atoms with van der Waals surface area (Å²) in [5.41, 5.74) is -0.894. The molecule has 0 bridgehead atoms. The highest BCUT2D eigenvalue weighted by Gasteiger charge is 2.42. The molecule has 112 valence electrons. The lowest BCUT2D eigenvalue weighted by molar-refractivity contribution is -0.141. The van der Waals surface area contributed by atoms with Crippen molar-refractivity contribution in [1.29, 1.82) is 0 Å². The van der Waals surface area contributed by atoms with Crippen LogP contribution < -0.4 is 5.32 Å². The molecule has 1 aliphatic rings. The monoisotopic (exact) mass is 311 g/mol. The smallest absolute Gasteiger partial charge is 0.395 e. The molecule has 0 spiro atoms. The molecule has 1 amide bonds. The van der Waals surface area contributed by atoms with E-state index in [1.165, 1.54) is 0 Å². The van der Waals surface area contributed by atoms with Crippen molar-refractivity contribution in [2.75, 3.05) is 13.2 Å². The third kappa shape index (κ3) is 3.24. The Hall–Kier alpha value is -1.28. The van der Waals surface area contributed by atoms with Crippen LogP contribution in [0.5, 0.6) is 0 Å². The first-order chi connectivity index (χ1) is 9.34. The number of halogens is 4. The molecule has 1 heterocycles. The van der Waals surface area contributed by atoms with Gasteiger partial charge in [0.2, 0.25) is 5.91 Å². The van der Waals surface area contributed by atoms with E-state index in [0.717, 1.165) is 17.5 Å². The molecular formula is C11H13ClF3N3O2. The van der Waals surface area contributed by atoms with E-state index < -0.39 is 22.8 Å². The summed E-state index contributed by atoms with van der Waals surface area (Å²) in [5, 5.41) is 13.9. The molecule has 1 fully saturated rings. The highest BCUT2D eigenvalue weighted by molar-refractivity contribution is 6.32. The van der Waals surface area contributed by atoms with Gasteiger partial charge in [-0.25, -0.2) is 0 Å². The fourth-order valence-electron chi connectivity index (χ4n) is 1.89. The second-order valence-corrected chi connectivity index (χ2v) is 4.93. The van der Waals surface area contributed by atoms with Crippen molar-refractivity contribution in [3.05, 3.63) is 16.4 Å². The molecule has 1 saturated carbocycles. The van der Waals surface area contributed by atoms with Crippen molar-refractivity contribution < 1.29 is 23.1 Å². The quantitative estimate of drug-likeness (QED) is 0.867. The van der Waals surface area contributed by atoms with Crippen molar-refractivity contribution in [3.8, 4) is 0 Å². The van der Waals surface area contributed by atoms with E-state index in [4.69, 9.17) is 16.7 Å². The van der Waals surface area contributed by atoms with Crippen LogP contribution in [0.1, 0.15) is 30.1 Å². The first kappa shape index (κ1) is 15.1. The molecule has 0 aromatic carbocycles. The molecule has 1 aromatic heterocycles. The molecule has 1 aliphatic carbocycles. The molecule has 2 N–H and O–H groups in total. The van der Waals surface area contributed by atoms with Crippen LogP contribution >= 0.6 is 11.6 Å². The second kappa shape index (κ2) is 5.61. The van der Waals surface area contributed by atoms with Gasteiger partial charge in [0, 0.05) is 12.5 Å². The average Bonchev–Trinajstić information content (AvgIpc) is 3.11. The summed E-state index contributed by atoms with van der Waals surface area (Å²) in [7, 11) is 0. The van der Waals surface area contributed by atoms with Gasteiger partial charge in [0.05, 0.1) is 17.3 Å². The molecule has 0 saturated heterocycles. The Bertz CT molecular complexity index is 512. The molecule has 5 nitrogen and oxygen atoms in total. The Morgan fingerprint density at radius 1 is 1.50 bits per heavy atom. The van der Waals surface area contributed by atoms with Crippen LogP contribution in [0.4, 0.5) is 13.2 Å². The van der Waals surface area contributed by atoms with Crippen molar-refractivity contribution in [2.24, 2.45) is 0 Å². The number of carbonyl (C=O) groups excluding carboxylic acids is 1. The molecule has 0 aliphatic heterocycles. The summed E-state index contributed by atoms with van der Waals surface area (Å²) in [4.78, 5) is 11.5. The SMILES string of the molecule is O=C(Cn1nc(C(F)(F)F)c(Cl)c1C1CC1)NCCO. The largest absolute Gasteiger partial charge is 0.436 e. The Morgan fingerprint density at radius 2 is 2.15 bits per heavy atom. The van der Waals surface area contributed by atoms with E-state index in [1.807, 2.05) is 0 Å². The fraction of sp³-hybridized carbons (Fsp3) is 0.636. The van der Waals surface area contributed by atoms with Crippen molar-refractivity contribution >= 4 is 17.5 Å². The first-order valence-corrected chi connectivity index (χ1v) is 6.43. The number of nitrogens with one attached hydrogen (secondary N) is 1. The summed E-state index contributed by atoms with van der Waals surface area (Å²) in [6, 6.07) is 0. The number of aliphatic hydroxyl groups excluding tert-OH is 1. The number of aliphatic hydroxyl groups is 1. The topological polar surface area (TPSA) is 67.2 Å². The predicted molar refractivity (Wildman–Crippen MR) is 64.3 cm³/mol. The van der Waals surface area contributed by atoms with Crippen LogP contribution in [-0.4, -0.2) is 33.9 Å². The molecule has 9 heteroatoms. The van der Waals surface area contributed by atoms with E-state index in [1.54, 1.807) is 0 Å². The van der Waals surface area contributed by atoms with Gasteiger partial charge in [-0.2, -0.15) is 18.3 Å². The normalized spacial score (nSPS) is 15.4. The zero-order valence-electron chi connectivity index (χ0n) is 10.4. The Labute approximate surface area is 117 Å². The van der Waals surface area contributed by atoms with Crippen LogP contribution in [-0.2, 0) is 17.5 Å². The number of alkyl halides is 3. The van der Waals surface area contributed by atoms with Gasteiger partial charge in [0.1, 0.15) is 6.54 Å². The maximum atomic E-state index is 12.8. The van der Waals surface area contributed by atoms with Crippen LogP contribution in [0.15, 0.2) is 0 Å². The van der Waals surface area contributed by atoms with Crippen molar-refractivity contribution in [3.63, 3.8) is 0 Å². The van der Waals surface area contributed by atoms with Gasteiger partial charge in [0.25, 0.3) is 0 Å². The molecule has 20 heavy (non-hydrogen) atoms. The van der Waals surface area contributed by atoms with Gasteiger partial charge in [-0.15, -0.1) is 0 Å². The highest BCUT2D eigenvalue weighted by Crippen LogP contribution is 2.46. The molecule has 0 unspecified atom stereocenters. The maximum absolute atomic E-state index is 12.8. The summed E-state index contributed by atoms with van der Waals surface area (Å²) in [6.07, 6.45) is -3.17. The van der Waals surface area contributed by atoms with Gasteiger partial charge in [-0.05, 0) is 12.8 Å². The number of carbonyl (C=O) groups is 1. The Kier molecular flexibility index (Phi) is 4.24. The molecular weight excluding hydrogens is 299 g/mol.